The number of hydrogen-bond donors (Lipinski definition) is 1. The maximum Gasteiger partial charge on any atom is 0.128 e. The first kappa shape index (κ1) is 19.0. The third-order valence-corrected chi connectivity index (χ3v) is 6.29. The Hall–Kier alpha value is -2.34. The number of rotatable bonds is 5. The fraction of sp³-hybridized carbons (Fsp3) is 0.182. The molecule has 28 heavy (non-hydrogen) atoms. The number of nitrogens with zero attached hydrogens (tertiary/aromatic N) is 2. The smallest absolute Gasteiger partial charge is 0.128 e. The first-order valence-corrected chi connectivity index (χ1v) is 10.1. The Kier molecular flexibility index (Phi) is 5.40. The van der Waals surface area contributed by atoms with Crippen LogP contribution in [0.4, 0.5) is 4.39 Å². The molecule has 6 heteroatoms. The molecule has 1 atom stereocenters. The predicted octanol–water partition coefficient (Wildman–Crippen LogP) is 5.84. The van der Waals surface area contributed by atoms with Crippen LogP contribution < -0.4 is 0 Å². The number of aliphatic hydroxyl groups excluding tert-OH is 1. The highest BCUT2D eigenvalue weighted by Crippen LogP contribution is 2.35. The van der Waals surface area contributed by atoms with E-state index in [1.54, 1.807) is 35.9 Å². The quantitative estimate of drug-likeness (QED) is 0.448. The Bertz CT molecular complexity index is 1120. The fourth-order valence-electron chi connectivity index (χ4n) is 3.16. The van der Waals surface area contributed by atoms with Gasteiger partial charge in [0, 0.05) is 52.4 Å². The predicted molar refractivity (Wildman–Crippen MR) is 113 cm³/mol. The Morgan fingerprint density at radius 2 is 1.96 bits per heavy atom. The molecule has 0 bridgehead atoms. The normalized spacial score (nSPS) is 12.4. The fourth-order valence-corrected chi connectivity index (χ4v) is 4.54. The first-order valence-electron chi connectivity index (χ1n) is 8.94. The van der Waals surface area contributed by atoms with E-state index in [0.29, 0.717) is 17.0 Å². The number of aliphatic hydroxyl groups is 1. The van der Waals surface area contributed by atoms with Gasteiger partial charge in [0.1, 0.15) is 5.82 Å². The number of halogens is 2. The van der Waals surface area contributed by atoms with Gasteiger partial charge in [-0.1, -0.05) is 24.6 Å². The summed E-state index contributed by atoms with van der Waals surface area (Å²) in [6.07, 6.45) is 3.94. The molecule has 0 saturated heterocycles. The van der Waals surface area contributed by atoms with Gasteiger partial charge < -0.3 is 5.11 Å². The molecular formula is C22H18ClFN2OS. The van der Waals surface area contributed by atoms with Gasteiger partial charge in [-0.25, -0.2) is 4.39 Å². The summed E-state index contributed by atoms with van der Waals surface area (Å²) in [4.78, 5) is 9.97. The number of thiophene rings is 1. The Balaban J connectivity index is 1.76. The summed E-state index contributed by atoms with van der Waals surface area (Å²) in [5, 5.41) is 9.87. The maximum absolute atomic E-state index is 14.2. The molecule has 1 N–H and O–H groups in total. The molecule has 0 aliphatic rings. The van der Waals surface area contributed by atoms with Crippen LogP contribution in [0.3, 0.4) is 0 Å². The lowest BCUT2D eigenvalue weighted by Gasteiger charge is -2.10. The lowest BCUT2D eigenvalue weighted by molar-refractivity contribution is 0.273. The minimum absolute atomic E-state index is 0.0428. The van der Waals surface area contributed by atoms with E-state index in [4.69, 9.17) is 11.6 Å². The molecule has 4 aromatic rings. The molecule has 0 fully saturated rings. The zero-order valence-corrected chi connectivity index (χ0v) is 16.8. The van der Waals surface area contributed by atoms with Crippen LogP contribution >= 0.6 is 22.9 Å². The van der Waals surface area contributed by atoms with Crippen LogP contribution in [-0.2, 0) is 6.42 Å². The van der Waals surface area contributed by atoms with Crippen molar-refractivity contribution >= 4 is 33.2 Å². The molecule has 0 aliphatic heterocycles. The third kappa shape index (κ3) is 3.65. The van der Waals surface area contributed by atoms with Crippen molar-refractivity contribution in [3.63, 3.8) is 0 Å². The Morgan fingerprint density at radius 3 is 2.75 bits per heavy atom. The number of pyridine rings is 2. The summed E-state index contributed by atoms with van der Waals surface area (Å²) in [5.41, 5.74) is 4.20. The minimum Gasteiger partial charge on any atom is -0.396 e. The van der Waals surface area contributed by atoms with E-state index >= 15 is 0 Å². The summed E-state index contributed by atoms with van der Waals surface area (Å²) in [6.45, 7) is 2.06. The van der Waals surface area contributed by atoms with Crippen LogP contribution in [0.5, 0.6) is 0 Å². The first-order chi connectivity index (χ1) is 13.6. The zero-order valence-electron chi connectivity index (χ0n) is 15.2. The number of aromatic nitrogens is 2. The molecule has 0 saturated carbocycles. The van der Waals surface area contributed by atoms with Gasteiger partial charge in [-0.3, -0.25) is 9.97 Å². The molecule has 142 valence electrons. The van der Waals surface area contributed by atoms with Gasteiger partial charge in [-0.05, 0) is 42.0 Å². The van der Waals surface area contributed by atoms with Gasteiger partial charge in [0.25, 0.3) is 0 Å². The van der Waals surface area contributed by atoms with Gasteiger partial charge in [-0.15, -0.1) is 11.3 Å². The molecule has 4 rings (SSSR count). The molecule has 0 radical (unpaired) electrons. The van der Waals surface area contributed by atoms with Crippen molar-refractivity contribution in [3.8, 4) is 11.3 Å². The summed E-state index contributed by atoms with van der Waals surface area (Å²) in [5.74, 6) is -0.258. The van der Waals surface area contributed by atoms with E-state index in [1.165, 1.54) is 6.07 Å². The van der Waals surface area contributed by atoms with Gasteiger partial charge in [0.15, 0.2) is 0 Å². The van der Waals surface area contributed by atoms with Crippen LogP contribution in [0.1, 0.15) is 28.8 Å². The lowest BCUT2D eigenvalue weighted by atomic mass is 10.0. The van der Waals surface area contributed by atoms with Crippen LogP contribution in [0, 0.1) is 5.82 Å². The minimum atomic E-state index is -0.300. The highest BCUT2D eigenvalue weighted by molar-refractivity contribution is 7.19. The van der Waals surface area contributed by atoms with Crippen molar-refractivity contribution in [3.05, 3.63) is 81.7 Å². The van der Waals surface area contributed by atoms with E-state index in [0.717, 1.165) is 31.9 Å². The lowest BCUT2D eigenvalue weighted by Crippen LogP contribution is -1.99. The van der Waals surface area contributed by atoms with Crippen molar-refractivity contribution < 1.29 is 9.50 Å². The average molecular weight is 413 g/mol. The van der Waals surface area contributed by atoms with Gasteiger partial charge in [0.05, 0.1) is 15.9 Å². The van der Waals surface area contributed by atoms with Gasteiger partial charge in [-0.2, -0.15) is 0 Å². The van der Waals surface area contributed by atoms with Crippen LogP contribution in [0.15, 0.2) is 54.9 Å². The molecule has 0 amide bonds. The Morgan fingerprint density at radius 1 is 1.14 bits per heavy atom. The second kappa shape index (κ2) is 7.95. The summed E-state index contributed by atoms with van der Waals surface area (Å²) >= 11 is 7.76. The van der Waals surface area contributed by atoms with E-state index in [-0.39, 0.29) is 18.3 Å². The van der Waals surface area contributed by atoms with Crippen molar-refractivity contribution in [2.24, 2.45) is 0 Å². The number of hydrogen-bond acceptors (Lipinski definition) is 4. The number of benzene rings is 1. The summed E-state index contributed by atoms with van der Waals surface area (Å²) < 4.78 is 15.2. The number of fused-ring (bicyclic) bond motifs is 1. The zero-order chi connectivity index (χ0) is 19.7. The maximum atomic E-state index is 14.2. The van der Waals surface area contributed by atoms with Crippen molar-refractivity contribution in [1.82, 2.24) is 9.97 Å². The molecule has 1 aromatic carbocycles. The van der Waals surface area contributed by atoms with E-state index in [9.17, 15) is 9.50 Å². The van der Waals surface area contributed by atoms with Crippen LogP contribution in [0.2, 0.25) is 5.02 Å². The molecule has 3 heterocycles. The Labute approximate surface area is 171 Å². The molecule has 3 aromatic heterocycles. The van der Waals surface area contributed by atoms with Crippen molar-refractivity contribution in [2.45, 2.75) is 19.3 Å². The third-order valence-electron chi connectivity index (χ3n) is 4.78. The van der Waals surface area contributed by atoms with Gasteiger partial charge in [0.2, 0.25) is 0 Å². The van der Waals surface area contributed by atoms with Gasteiger partial charge >= 0.3 is 0 Å². The molecule has 3 nitrogen and oxygen atoms in total. The monoisotopic (exact) mass is 412 g/mol. The van der Waals surface area contributed by atoms with E-state index in [1.807, 2.05) is 31.2 Å². The SMILES string of the molecule is CC(CO)c1ccnc(-c2ccnc3cc(Cc4c(F)cccc4Cl)sc23)c1. The summed E-state index contributed by atoms with van der Waals surface area (Å²) in [7, 11) is 0. The van der Waals surface area contributed by atoms with Crippen molar-refractivity contribution in [1.29, 1.82) is 0 Å². The highest BCUT2D eigenvalue weighted by Gasteiger charge is 2.14. The van der Waals surface area contributed by atoms with Crippen LogP contribution in [-0.4, -0.2) is 21.7 Å². The second-order valence-corrected chi connectivity index (χ2v) is 8.26. The molecular weight excluding hydrogens is 395 g/mol. The summed E-state index contributed by atoms with van der Waals surface area (Å²) in [6, 6.07) is 12.6. The average Bonchev–Trinajstić information content (AvgIpc) is 3.13. The van der Waals surface area contributed by atoms with E-state index in [2.05, 4.69) is 9.97 Å². The standard InChI is InChI=1S/C22H18ClFN2OS/c1-13(12-27)14-5-7-25-20(9-14)16-6-8-26-21-11-15(28-22(16)21)10-17-18(23)3-2-4-19(17)24/h2-9,11,13,27H,10,12H2,1H3. The van der Waals surface area contributed by atoms with Crippen LogP contribution in [0.25, 0.3) is 21.5 Å². The molecule has 1 unspecified atom stereocenters. The highest BCUT2D eigenvalue weighted by atomic mass is 35.5. The second-order valence-electron chi connectivity index (χ2n) is 6.72. The molecule has 0 spiro atoms. The largest absolute Gasteiger partial charge is 0.396 e. The topological polar surface area (TPSA) is 46.0 Å². The van der Waals surface area contributed by atoms with Crippen molar-refractivity contribution in [2.75, 3.05) is 6.61 Å². The molecule has 0 aliphatic carbocycles. The van der Waals surface area contributed by atoms with E-state index < -0.39 is 0 Å².